The molecule has 0 radical (unpaired) electrons. The molecule has 2 aliphatic heterocycles. The predicted molar refractivity (Wildman–Crippen MR) is 101 cm³/mol. The molecular weight excluding hydrogens is 314 g/mol. The lowest BCUT2D eigenvalue weighted by molar-refractivity contribution is -0.134. The number of anilines is 2. The van der Waals surface area contributed by atoms with Gasteiger partial charge in [0.25, 0.3) is 0 Å². The molecule has 1 unspecified atom stereocenters. The number of piperidine rings is 1. The summed E-state index contributed by atoms with van der Waals surface area (Å²) in [6.07, 6.45) is 4.98. The lowest BCUT2D eigenvalue weighted by Crippen LogP contribution is -2.50. The van der Waals surface area contributed by atoms with Crippen LogP contribution in [0.15, 0.2) is 12.1 Å². The van der Waals surface area contributed by atoms with E-state index in [0.29, 0.717) is 6.04 Å². The summed E-state index contributed by atoms with van der Waals surface area (Å²) in [5.41, 5.74) is 0. The topological polar surface area (TPSA) is 52.6 Å². The summed E-state index contributed by atoms with van der Waals surface area (Å²) in [4.78, 5) is 18.7. The van der Waals surface area contributed by atoms with Crippen molar-refractivity contribution in [3.63, 3.8) is 0 Å². The van der Waals surface area contributed by atoms with Crippen molar-refractivity contribution >= 4 is 17.5 Å². The lowest BCUT2D eigenvalue weighted by atomic mass is 10.0. The van der Waals surface area contributed by atoms with Crippen LogP contribution in [0.5, 0.6) is 0 Å². The molecule has 6 heteroatoms. The molecule has 2 fully saturated rings. The summed E-state index contributed by atoms with van der Waals surface area (Å²) in [7, 11) is 0. The van der Waals surface area contributed by atoms with Gasteiger partial charge in [-0.05, 0) is 37.8 Å². The largest absolute Gasteiger partial charge is 0.352 e. The number of amides is 1. The van der Waals surface area contributed by atoms with Crippen molar-refractivity contribution in [1.29, 1.82) is 0 Å². The van der Waals surface area contributed by atoms with E-state index in [9.17, 15) is 4.79 Å². The van der Waals surface area contributed by atoms with E-state index in [2.05, 4.69) is 39.1 Å². The number of nitrogens with zero attached hydrogens (tertiary/aromatic N) is 5. The van der Waals surface area contributed by atoms with Gasteiger partial charge in [-0.25, -0.2) is 0 Å². The lowest BCUT2D eigenvalue weighted by Gasteiger charge is -2.37. The molecule has 0 N–H and O–H groups in total. The van der Waals surface area contributed by atoms with Gasteiger partial charge in [-0.3, -0.25) is 4.79 Å². The SMILES string of the molecule is CCC1CCCCN1c1ccc(N2CCN(C(=O)C(C)C)CC2)nn1. The molecule has 0 bridgehead atoms. The molecule has 0 spiro atoms. The number of rotatable bonds is 4. The molecule has 6 nitrogen and oxygen atoms in total. The van der Waals surface area contributed by atoms with E-state index >= 15 is 0 Å². The van der Waals surface area contributed by atoms with Crippen LogP contribution in [-0.4, -0.2) is 59.8 Å². The van der Waals surface area contributed by atoms with Gasteiger partial charge in [-0.15, -0.1) is 10.2 Å². The van der Waals surface area contributed by atoms with Gasteiger partial charge in [-0.1, -0.05) is 20.8 Å². The third-order valence-electron chi connectivity index (χ3n) is 5.44. The minimum Gasteiger partial charge on any atom is -0.352 e. The van der Waals surface area contributed by atoms with Crippen LogP contribution >= 0.6 is 0 Å². The van der Waals surface area contributed by atoms with Crippen LogP contribution in [0.4, 0.5) is 11.6 Å². The first-order valence-corrected chi connectivity index (χ1v) is 9.74. The molecule has 138 valence electrons. The number of piperazine rings is 1. The molecule has 2 aliphatic rings. The zero-order valence-electron chi connectivity index (χ0n) is 15.8. The average Bonchev–Trinajstić information content (AvgIpc) is 2.67. The molecule has 25 heavy (non-hydrogen) atoms. The summed E-state index contributed by atoms with van der Waals surface area (Å²) in [6, 6.07) is 4.80. The van der Waals surface area contributed by atoms with E-state index in [1.807, 2.05) is 18.7 Å². The van der Waals surface area contributed by atoms with Crippen LogP contribution in [0, 0.1) is 5.92 Å². The second kappa shape index (κ2) is 8.02. The number of hydrogen-bond donors (Lipinski definition) is 0. The molecule has 3 rings (SSSR count). The minimum absolute atomic E-state index is 0.0710. The van der Waals surface area contributed by atoms with Gasteiger partial charge in [-0.2, -0.15) is 0 Å². The van der Waals surface area contributed by atoms with Gasteiger partial charge in [0.05, 0.1) is 0 Å². The van der Waals surface area contributed by atoms with E-state index in [1.54, 1.807) is 0 Å². The fourth-order valence-electron chi connectivity index (χ4n) is 3.89. The highest BCUT2D eigenvalue weighted by Crippen LogP contribution is 2.25. The van der Waals surface area contributed by atoms with Gasteiger partial charge >= 0.3 is 0 Å². The Balaban J connectivity index is 1.60. The molecule has 1 amide bonds. The first kappa shape index (κ1) is 18.0. The Morgan fingerprint density at radius 3 is 2.36 bits per heavy atom. The van der Waals surface area contributed by atoms with Crippen molar-refractivity contribution in [2.45, 2.75) is 52.5 Å². The molecule has 3 heterocycles. The molecule has 0 aliphatic carbocycles. The van der Waals surface area contributed by atoms with Gasteiger partial charge < -0.3 is 14.7 Å². The van der Waals surface area contributed by atoms with Crippen molar-refractivity contribution in [3.8, 4) is 0 Å². The van der Waals surface area contributed by atoms with E-state index in [-0.39, 0.29) is 11.8 Å². The maximum atomic E-state index is 12.1. The molecule has 1 aromatic rings. The average molecular weight is 345 g/mol. The molecule has 0 aromatic carbocycles. The van der Waals surface area contributed by atoms with Crippen LogP contribution in [0.2, 0.25) is 0 Å². The maximum absolute atomic E-state index is 12.1. The highest BCUT2D eigenvalue weighted by atomic mass is 16.2. The Hall–Kier alpha value is -1.85. The molecular formula is C19H31N5O. The Bertz CT molecular complexity index is 566. The number of aromatic nitrogens is 2. The van der Waals surface area contributed by atoms with Crippen molar-refractivity contribution < 1.29 is 4.79 Å². The molecule has 2 saturated heterocycles. The van der Waals surface area contributed by atoms with Gasteiger partial charge in [0.1, 0.15) is 0 Å². The first-order chi connectivity index (χ1) is 12.1. The minimum atomic E-state index is 0.0710. The standard InChI is InChI=1S/C19H31N5O/c1-4-16-7-5-6-10-24(16)18-9-8-17(20-21-18)22-11-13-23(14-12-22)19(25)15(2)3/h8-9,15-16H,4-7,10-14H2,1-3H3. The zero-order chi connectivity index (χ0) is 17.8. The van der Waals surface area contributed by atoms with E-state index in [0.717, 1.165) is 50.8 Å². The normalized spacial score (nSPS) is 21.8. The number of hydrogen-bond acceptors (Lipinski definition) is 5. The summed E-state index contributed by atoms with van der Waals surface area (Å²) >= 11 is 0. The first-order valence-electron chi connectivity index (χ1n) is 9.74. The van der Waals surface area contributed by atoms with Crippen molar-refractivity contribution in [2.75, 3.05) is 42.5 Å². The number of carbonyl (C=O) groups excluding carboxylic acids is 1. The molecule has 0 saturated carbocycles. The zero-order valence-corrected chi connectivity index (χ0v) is 15.8. The highest BCUT2D eigenvalue weighted by molar-refractivity contribution is 5.78. The van der Waals surface area contributed by atoms with E-state index in [4.69, 9.17) is 0 Å². The summed E-state index contributed by atoms with van der Waals surface area (Å²) in [5, 5.41) is 8.99. The van der Waals surface area contributed by atoms with Crippen LogP contribution in [0.25, 0.3) is 0 Å². The van der Waals surface area contributed by atoms with Gasteiger partial charge in [0.15, 0.2) is 11.6 Å². The predicted octanol–water partition coefficient (Wildman–Crippen LogP) is 2.55. The van der Waals surface area contributed by atoms with Crippen molar-refractivity contribution in [1.82, 2.24) is 15.1 Å². The Morgan fingerprint density at radius 2 is 1.76 bits per heavy atom. The van der Waals surface area contributed by atoms with E-state index in [1.165, 1.54) is 19.3 Å². The van der Waals surface area contributed by atoms with E-state index < -0.39 is 0 Å². The summed E-state index contributed by atoms with van der Waals surface area (Å²) in [5.74, 6) is 2.24. The summed E-state index contributed by atoms with van der Waals surface area (Å²) < 4.78 is 0. The van der Waals surface area contributed by atoms with Crippen LogP contribution < -0.4 is 9.80 Å². The fourth-order valence-corrected chi connectivity index (χ4v) is 3.89. The smallest absolute Gasteiger partial charge is 0.225 e. The summed E-state index contributed by atoms with van der Waals surface area (Å²) in [6.45, 7) is 10.5. The Morgan fingerprint density at radius 1 is 1.08 bits per heavy atom. The second-order valence-electron chi connectivity index (χ2n) is 7.47. The third-order valence-corrected chi connectivity index (χ3v) is 5.44. The Labute approximate surface area is 151 Å². The van der Waals surface area contributed by atoms with Crippen LogP contribution in [0.1, 0.15) is 46.5 Å². The quantitative estimate of drug-likeness (QED) is 0.839. The fraction of sp³-hybridized carbons (Fsp3) is 0.737. The van der Waals surface area contributed by atoms with Crippen molar-refractivity contribution in [3.05, 3.63) is 12.1 Å². The van der Waals surface area contributed by atoms with Gasteiger partial charge in [0.2, 0.25) is 5.91 Å². The van der Waals surface area contributed by atoms with Crippen LogP contribution in [0.3, 0.4) is 0 Å². The van der Waals surface area contributed by atoms with Gasteiger partial charge in [0, 0.05) is 44.7 Å². The highest BCUT2D eigenvalue weighted by Gasteiger charge is 2.25. The Kier molecular flexibility index (Phi) is 5.76. The molecule has 1 atom stereocenters. The monoisotopic (exact) mass is 345 g/mol. The van der Waals surface area contributed by atoms with Crippen LogP contribution in [-0.2, 0) is 4.79 Å². The second-order valence-corrected chi connectivity index (χ2v) is 7.47. The third kappa shape index (κ3) is 4.05. The maximum Gasteiger partial charge on any atom is 0.225 e. The molecule has 1 aromatic heterocycles. The number of carbonyl (C=O) groups is 1. The van der Waals surface area contributed by atoms with Crippen molar-refractivity contribution in [2.24, 2.45) is 5.92 Å².